The number of hydrogen-bond donors (Lipinski definition) is 2. The van der Waals surface area contributed by atoms with Gasteiger partial charge in [-0.05, 0) is 18.9 Å². The summed E-state index contributed by atoms with van der Waals surface area (Å²) in [6.45, 7) is 2.34. The minimum absolute atomic E-state index is 0.0939. The Kier molecular flexibility index (Phi) is 9.49. The van der Waals surface area contributed by atoms with Crippen molar-refractivity contribution >= 4 is 17.2 Å². The molecule has 0 radical (unpaired) electrons. The van der Waals surface area contributed by atoms with Crippen LogP contribution in [0.15, 0.2) is 11.4 Å². The molecule has 0 fully saturated rings. The number of amides is 1. The standard InChI is InChI=1S/C15H21NO4S/c1-19-9-10-20-8-3-2-6-16-15(18)13-11-14(21-12-13)5-4-7-17/h11-12,17H,2-3,6-10H2,1H3,(H,16,18). The van der Waals surface area contributed by atoms with Crippen molar-refractivity contribution in [3.8, 4) is 11.8 Å². The molecular weight excluding hydrogens is 290 g/mol. The number of hydrogen-bond acceptors (Lipinski definition) is 5. The molecule has 2 N–H and O–H groups in total. The third-order valence-electron chi connectivity index (χ3n) is 2.59. The van der Waals surface area contributed by atoms with Gasteiger partial charge in [0, 0.05) is 25.6 Å². The maximum Gasteiger partial charge on any atom is 0.252 e. The molecule has 1 amide bonds. The van der Waals surface area contributed by atoms with E-state index < -0.39 is 0 Å². The largest absolute Gasteiger partial charge is 0.384 e. The molecule has 0 bridgehead atoms. The molecule has 1 aromatic rings. The first-order valence-corrected chi connectivity index (χ1v) is 7.69. The number of carbonyl (C=O) groups is 1. The predicted octanol–water partition coefficient (Wildman–Crippen LogP) is 1.26. The lowest BCUT2D eigenvalue weighted by atomic mass is 10.2. The Labute approximate surface area is 129 Å². The van der Waals surface area contributed by atoms with Gasteiger partial charge in [0.05, 0.1) is 23.7 Å². The van der Waals surface area contributed by atoms with Crippen LogP contribution in [0.3, 0.4) is 0 Å². The molecule has 21 heavy (non-hydrogen) atoms. The molecule has 0 unspecified atom stereocenters. The van der Waals surface area contributed by atoms with Gasteiger partial charge in [-0.25, -0.2) is 0 Å². The van der Waals surface area contributed by atoms with E-state index in [9.17, 15) is 4.79 Å². The van der Waals surface area contributed by atoms with Crippen LogP contribution in [0.25, 0.3) is 0 Å². The summed E-state index contributed by atoms with van der Waals surface area (Å²) in [4.78, 5) is 12.6. The topological polar surface area (TPSA) is 67.8 Å². The molecule has 1 aromatic heterocycles. The fraction of sp³-hybridized carbons (Fsp3) is 0.533. The molecule has 0 aliphatic heterocycles. The van der Waals surface area contributed by atoms with Crippen LogP contribution in [0, 0.1) is 11.8 Å². The third-order valence-corrected chi connectivity index (χ3v) is 3.43. The minimum Gasteiger partial charge on any atom is -0.384 e. The van der Waals surface area contributed by atoms with Crippen LogP contribution in [0.1, 0.15) is 28.1 Å². The van der Waals surface area contributed by atoms with Crippen molar-refractivity contribution in [2.45, 2.75) is 12.8 Å². The summed E-state index contributed by atoms with van der Waals surface area (Å²) in [6.07, 6.45) is 1.78. The molecule has 116 valence electrons. The molecule has 0 atom stereocenters. The number of rotatable bonds is 9. The van der Waals surface area contributed by atoms with E-state index in [2.05, 4.69) is 17.2 Å². The van der Waals surface area contributed by atoms with Gasteiger partial charge in [-0.2, -0.15) is 0 Å². The van der Waals surface area contributed by atoms with Gasteiger partial charge in [0.2, 0.25) is 0 Å². The lowest BCUT2D eigenvalue weighted by Gasteiger charge is -2.05. The van der Waals surface area contributed by atoms with Crippen molar-refractivity contribution in [3.63, 3.8) is 0 Å². The molecule has 0 aliphatic carbocycles. The second kappa shape index (κ2) is 11.3. The highest BCUT2D eigenvalue weighted by Crippen LogP contribution is 2.13. The van der Waals surface area contributed by atoms with Gasteiger partial charge in [-0.15, -0.1) is 11.3 Å². The lowest BCUT2D eigenvalue weighted by Crippen LogP contribution is -2.24. The van der Waals surface area contributed by atoms with E-state index in [0.717, 1.165) is 17.7 Å². The highest BCUT2D eigenvalue weighted by atomic mass is 32.1. The molecule has 0 saturated carbocycles. The van der Waals surface area contributed by atoms with Crippen molar-refractivity contribution in [1.29, 1.82) is 0 Å². The molecule has 0 saturated heterocycles. The average Bonchev–Trinajstić information content (AvgIpc) is 2.96. The molecule has 1 heterocycles. The third kappa shape index (κ3) is 7.83. The van der Waals surface area contributed by atoms with Gasteiger partial charge in [0.1, 0.15) is 6.61 Å². The number of carbonyl (C=O) groups excluding carboxylic acids is 1. The molecule has 6 heteroatoms. The van der Waals surface area contributed by atoms with Gasteiger partial charge in [0.25, 0.3) is 5.91 Å². The van der Waals surface area contributed by atoms with Crippen LogP contribution in [0.2, 0.25) is 0 Å². The van der Waals surface area contributed by atoms with Crippen LogP contribution < -0.4 is 5.32 Å². The molecule has 0 aliphatic rings. The Morgan fingerprint density at radius 2 is 2.24 bits per heavy atom. The van der Waals surface area contributed by atoms with E-state index in [0.29, 0.717) is 31.9 Å². The normalized spacial score (nSPS) is 10.0. The van der Waals surface area contributed by atoms with E-state index in [1.165, 1.54) is 11.3 Å². The van der Waals surface area contributed by atoms with Crippen molar-refractivity contribution < 1.29 is 19.4 Å². The molecule has 0 spiro atoms. The first kappa shape index (κ1) is 17.7. The van der Waals surface area contributed by atoms with Crippen LogP contribution in [-0.2, 0) is 9.47 Å². The van der Waals surface area contributed by atoms with Gasteiger partial charge >= 0.3 is 0 Å². The Morgan fingerprint density at radius 1 is 1.38 bits per heavy atom. The molecule has 1 rings (SSSR count). The fourth-order valence-corrected chi connectivity index (χ4v) is 2.28. The van der Waals surface area contributed by atoms with Crippen LogP contribution in [0.5, 0.6) is 0 Å². The van der Waals surface area contributed by atoms with E-state index in [4.69, 9.17) is 14.6 Å². The zero-order valence-corrected chi connectivity index (χ0v) is 13.0. The highest BCUT2D eigenvalue weighted by Gasteiger charge is 2.06. The summed E-state index contributed by atoms with van der Waals surface area (Å²) >= 11 is 1.40. The predicted molar refractivity (Wildman–Crippen MR) is 82.5 cm³/mol. The van der Waals surface area contributed by atoms with Crippen molar-refractivity contribution in [2.24, 2.45) is 0 Å². The van der Waals surface area contributed by atoms with Crippen LogP contribution in [0.4, 0.5) is 0 Å². The smallest absolute Gasteiger partial charge is 0.252 e. The summed E-state index contributed by atoms with van der Waals surface area (Å²) in [6, 6.07) is 1.73. The van der Waals surface area contributed by atoms with Crippen molar-refractivity contribution in [3.05, 3.63) is 21.9 Å². The molecule has 0 aromatic carbocycles. The summed E-state index contributed by atoms with van der Waals surface area (Å²) in [5.74, 6) is 5.25. The van der Waals surface area contributed by atoms with Crippen LogP contribution in [-0.4, -0.2) is 51.1 Å². The second-order valence-electron chi connectivity index (χ2n) is 4.23. The average molecular weight is 311 g/mol. The first-order valence-electron chi connectivity index (χ1n) is 6.81. The number of methoxy groups -OCH3 is 1. The Balaban J connectivity index is 2.15. The number of aliphatic hydroxyl groups is 1. The molecule has 5 nitrogen and oxygen atoms in total. The summed E-state index contributed by atoms with van der Waals surface area (Å²) in [7, 11) is 1.64. The number of nitrogens with one attached hydrogen (secondary N) is 1. The van der Waals surface area contributed by atoms with Gasteiger partial charge in [0.15, 0.2) is 0 Å². The highest BCUT2D eigenvalue weighted by molar-refractivity contribution is 7.10. The fourth-order valence-electron chi connectivity index (χ4n) is 1.52. The lowest BCUT2D eigenvalue weighted by molar-refractivity contribution is 0.0686. The first-order chi connectivity index (χ1) is 10.3. The number of aliphatic hydroxyl groups excluding tert-OH is 1. The Bertz CT molecular complexity index is 476. The molecular formula is C15H21NO4S. The van der Waals surface area contributed by atoms with E-state index in [1.807, 2.05) is 0 Å². The van der Waals surface area contributed by atoms with E-state index in [1.54, 1.807) is 18.6 Å². The van der Waals surface area contributed by atoms with Gasteiger partial charge in [-0.3, -0.25) is 4.79 Å². The minimum atomic E-state index is -0.175. The quantitative estimate of drug-likeness (QED) is 0.532. The number of thiophene rings is 1. The number of ether oxygens (including phenoxy) is 2. The maximum absolute atomic E-state index is 11.9. The zero-order valence-electron chi connectivity index (χ0n) is 12.2. The summed E-state index contributed by atoms with van der Waals surface area (Å²) < 4.78 is 10.2. The number of unbranched alkanes of at least 4 members (excludes halogenated alkanes) is 1. The van der Waals surface area contributed by atoms with Gasteiger partial charge < -0.3 is 19.9 Å². The summed E-state index contributed by atoms with van der Waals surface area (Å²) in [5, 5.41) is 13.2. The van der Waals surface area contributed by atoms with Crippen molar-refractivity contribution in [2.75, 3.05) is 40.1 Å². The Hall–Kier alpha value is -1.39. The van der Waals surface area contributed by atoms with E-state index >= 15 is 0 Å². The van der Waals surface area contributed by atoms with E-state index in [-0.39, 0.29) is 12.5 Å². The summed E-state index contributed by atoms with van der Waals surface area (Å²) in [5.41, 5.74) is 0.610. The monoisotopic (exact) mass is 311 g/mol. The Morgan fingerprint density at radius 3 is 3.00 bits per heavy atom. The maximum atomic E-state index is 11.9. The zero-order chi connectivity index (χ0) is 15.3. The van der Waals surface area contributed by atoms with Crippen LogP contribution >= 0.6 is 11.3 Å². The SMILES string of the molecule is COCCOCCCCNC(=O)c1csc(C#CCO)c1. The second-order valence-corrected chi connectivity index (χ2v) is 5.14. The van der Waals surface area contributed by atoms with Crippen molar-refractivity contribution in [1.82, 2.24) is 5.32 Å². The van der Waals surface area contributed by atoms with Gasteiger partial charge in [-0.1, -0.05) is 11.8 Å².